The van der Waals surface area contributed by atoms with E-state index in [1.807, 2.05) is 6.20 Å². The number of ether oxygens (including phenoxy) is 1. The molecule has 0 fully saturated rings. The van der Waals surface area contributed by atoms with E-state index in [9.17, 15) is 0 Å². The molecule has 0 aliphatic carbocycles. The molecule has 0 N–H and O–H groups in total. The third-order valence-electron chi connectivity index (χ3n) is 10.1. The number of hydrogen-bond donors (Lipinski definition) is 0. The van der Waals surface area contributed by atoms with Crippen molar-refractivity contribution in [2.75, 3.05) is 0 Å². The van der Waals surface area contributed by atoms with Crippen LogP contribution in [0.5, 0.6) is 11.5 Å². The fourth-order valence-electron chi connectivity index (χ4n) is 7.73. The first-order valence-corrected chi connectivity index (χ1v) is 17.1. The molecule has 5 nitrogen and oxygen atoms in total. The molecule has 0 saturated carbocycles. The normalized spacial score (nSPS) is 17.0. The van der Waals surface area contributed by atoms with Crippen molar-refractivity contribution in [1.82, 2.24) is 14.5 Å². The minimum atomic E-state index is 0.0101. The van der Waals surface area contributed by atoms with Crippen LogP contribution in [0.4, 0.5) is 0 Å². The molecule has 5 aromatic carbocycles. The SMILES string of the molecule is Cc1cc(Oc2ccc3c4ccccc4n(-c4cc(C(C)(C)C)ccn4)c3c2)cc(C2=N[C@H](c3ccccc3)[C@@H]3c4ccccc4CN23)c1. The third kappa shape index (κ3) is 5.00. The van der Waals surface area contributed by atoms with Gasteiger partial charge in [-0.3, -0.25) is 9.56 Å². The molecule has 2 aliphatic rings. The number of pyridine rings is 1. The molecule has 4 heterocycles. The molecular formula is C44H38N4O. The molecule has 0 bridgehead atoms. The summed E-state index contributed by atoms with van der Waals surface area (Å²) in [5.74, 6) is 3.50. The van der Waals surface area contributed by atoms with Crippen molar-refractivity contribution < 1.29 is 4.74 Å². The third-order valence-corrected chi connectivity index (χ3v) is 10.1. The average Bonchev–Trinajstić information content (AvgIpc) is 3.77. The van der Waals surface area contributed by atoms with Crippen molar-refractivity contribution >= 4 is 27.6 Å². The van der Waals surface area contributed by atoms with Crippen LogP contribution in [-0.2, 0) is 12.0 Å². The number of amidine groups is 1. The van der Waals surface area contributed by atoms with Crippen LogP contribution in [-0.4, -0.2) is 20.3 Å². The molecule has 9 rings (SSSR count). The number of para-hydroxylation sites is 1. The number of aryl methyl sites for hydroxylation is 1. The van der Waals surface area contributed by atoms with Crippen LogP contribution in [0.2, 0.25) is 0 Å². The summed E-state index contributed by atoms with van der Waals surface area (Å²) in [7, 11) is 0. The number of hydrogen-bond acceptors (Lipinski definition) is 4. The van der Waals surface area contributed by atoms with Crippen molar-refractivity contribution in [3.63, 3.8) is 0 Å². The Morgan fingerprint density at radius 2 is 1.49 bits per heavy atom. The first kappa shape index (κ1) is 29.5. The summed E-state index contributed by atoms with van der Waals surface area (Å²) in [6, 6.07) is 45.5. The van der Waals surface area contributed by atoms with E-state index in [-0.39, 0.29) is 17.5 Å². The Kier molecular flexibility index (Phi) is 6.73. The second-order valence-electron chi connectivity index (χ2n) is 14.4. The minimum absolute atomic E-state index is 0.0101. The van der Waals surface area contributed by atoms with Gasteiger partial charge < -0.3 is 9.64 Å². The Morgan fingerprint density at radius 1 is 0.714 bits per heavy atom. The number of benzene rings is 5. The molecule has 0 saturated heterocycles. The number of aromatic nitrogens is 2. The topological polar surface area (TPSA) is 42.6 Å². The van der Waals surface area contributed by atoms with Crippen LogP contribution in [0.3, 0.4) is 0 Å². The molecule has 240 valence electrons. The van der Waals surface area contributed by atoms with E-state index < -0.39 is 0 Å². The summed E-state index contributed by atoms with van der Waals surface area (Å²) >= 11 is 0. The first-order valence-electron chi connectivity index (χ1n) is 17.1. The zero-order valence-electron chi connectivity index (χ0n) is 28.3. The van der Waals surface area contributed by atoms with Crippen LogP contribution < -0.4 is 4.74 Å². The van der Waals surface area contributed by atoms with Gasteiger partial charge in [0.1, 0.15) is 29.2 Å². The van der Waals surface area contributed by atoms with Gasteiger partial charge in [-0.2, -0.15) is 0 Å². The van der Waals surface area contributed by atoms with E-state index in [4.69, 9.17) is 14.7 Å². The molecule has 49 heavy (non-hydrogen) atoms. The van der Waals surface area contributed by atoms with E-state index in [0.717, 1.165) is 51.9 Å². The van der Waals surface area contributed by atoms with Gasteiger partial charge in [0.15, 0.2) is 0 Å². The highest BCUT2D eigenvalue weighted by molar-refractivity contribution is 6.09. The predicted octanol–water partition coefficient (Wildman–Crippen LogP) is 10.6. The second-order valence-corrected chi connectivity index (χ2v) is 14.4. The number of rotatable bonds is 5. The molecule has 2 aliphatic heterocycles. The summed E-state index contributed by atoms with van der Waals surface area (Å²) in [5, 5.41) is 2.36. The molecule has 0 unspecified atom stereocenters. The predicted molar refractivity (Wildman–Crippen MR) is 199 cm³/mol. The van der Waals surface area contributed by atoms with E-state index in [1.165, 1.54) is 33.0 Å². The van der Waals surface area contributed by atoms with E-state index in [1.54, 1.807) is 0 Å². The summed E-state index contributed by atoms with van der Waals surface area (Å²) in [4.78, 5) is 12.7. The van der Waals surface area contributed by atoms with Crippen molar-refractivity contribution in [3.05, 3.63) is 167 Å². The fourth-order valence-corrected chi connectivity index (χ4v) is 7.73. The standard InChI is InChI=1S/C44H38N4O/c1-28-22-31(43-46-41(29-12-6-5-7-13-29)42-35-15-9-8-14-30(35)27-47(42)43)24-34(23-28)49-33-18-19-37-36-16-10-11-17-38(36)48(39(37)26-33)40-25-32(20-21-45-40)44(2,3)4/h5-26,41-42H,27H2,1-4H3/t41-,42+/m1/s1. The van der Waals surface area contributed by atoms with Gasteiger partial charge in [0.25, 0.3) is 0 Å². The largest absolute Gasteiger partial charge is 0.457 e. The Bertz CT molecular complexity index is 2420. The maximum Gasteiger partial charge on any atom is 0.137 e. The molecule has 2 atom stereocenters. The zero-order valence-corrected chi connectivity index (χ0v) is 28.3. The maximum absolute atomic E-state index is 6.71. The van der Waals surface area contributed by atoms with Gasteiger partial charge in [-0.15, -0.1) is 0 Å². The van der Waals surface area contributed by atoms with Gasteiger partial charge in [0.2, 0.25) is 0 Å². The molecule has 0 spiro atoms. The smallest absolute Gasteiger partial charge is 0.137 e. The summed E-state index contributed by atoms with van der Waals surface area (Å²) in [5.41, 5.74) is 9.62. The van der Waals surface area contributed by atoms with Crippen molar-refractivity contribution in [1.29, 1.82) is 0 Å². The van der Waals surface area contributed by atoms with Crippen LogP contribution in [0.15, 0.2) is 139 Å². The Balaban J connectivity index is 1.12. The first-order chi connectivity index (χ1) is 23.8. The number of nitrogens with zero attached hydrogens (tertiary/aromatic N) is 4. The Labute approximate surface area is 287 Å². The number of aliphatic imine (C=N–C) groups is 1. The molecule has 7 aromatic rings. The van der Waals surface area contributed by atoms with Crippen molar-refractivity contribution in [2.24, 2.45) is 4.99 Å². The molecule has 5 heteroatoms. The average molecular weight is 639 g/mol. The monoisotopic (exact) mass is 638 g/mol. The van der Waals surface area contributed by atoms with Crippen LogP contribution >= 0.6 is 0 Å². The van der Waals surface area contributed by atoms with Crippen molar-refractivity contribution in [2.45, 2.75) is 51.7 Å². The molecular weight excluding hydrogens is 601 g/mol. The van der Waals surface area contributed by atoms with Crippen LogP contribution in [0, 0.1) is 6.92 Å². The Morgan fingerprint density at radius 3 is 2.35 bits per heavy atom. The summed E-state index contributed by atoms with van der Waals surface area (Å²) in [6.45, 7) is 9.69. The second kappa shape index (κ2) is 11.2. The lowest BCUT2D eigenvalue weighted by atomic mass is 9.88. The van der Waals surface area contributed by atoms with E-state index >= 15 is 0 Å². The maximum atomic E-state index is 6.71. The highest BCUT2D eigenvalue weighted by Crippen LogP contribution is 2.49. The van der Waals surface area contributed by atoms with Gasteiger partial charge in [0, 0.05) is 35.1 Å². The molecule has 2 aromatic heterocycles. The van der Waals surface area contributed by atoms with E-state index in [2.05, 4.69) is 165 Å². The summed E-state index contributed by atoms with van der Waals surface area (Å²) < 4.78 is 8.97. The Hall–Kier alpha value is -5.68. The minimum Gasteiger partial charge on any atom is -0.457 e. The van der Waals surface area contributed by atoms with Gasteiger partial charge in [0.05, 0.1) is 17.1 Å². The zero-order chi connectivity index (χ0) is 33.3. The number of fused-ring (bicyclic) bond motifs is 6. The quantitative estimate of drug-likeness (QED) is 0.188. The van der Waals surface area contributed by atoms with Crippen LogP contribution in [0.1, 0.15) is 66.2 Å². The highest BCUT2D eigenvalue weighted by Gasteiger charge is 2.43. The van der Waals surface area contributed by atoms with Gasteiger partial charge >= 0.3 is 0 Å². The fraction of sp³-hybridized carbons (Fsp3) is 0.182. The molecule has 0 amide bonds. The lowest BCUT2D eigenvalue weighted by Gasteiger charge is -2.24. The lowest BCUT2D eigenvalue weighted by molar-refractivity contribution is 0.341. The van der Waals surface area contributed by atoms with Crippen molar-refractivity contribution in [3.8, 4) is 17.3 Å². The van der Waals surface area contributed by atoms with Gasteiger partial charge in [-0.05, 0) is 88.7 Å². The van der Waals surface area contributed by atoms with Gasteiger partial charge in [-0.25, -0.2) is 4.98 Å². The van der Waals surface area contributed by atoms with Gasteiger partial charge in [-0.1, -0.05) is 93.6 Å². The summed E-state index contributed by atoms with van der Waals surface area (Å²) in [6.07, 6.45) is 1.92. The lowest BCUT2D eigenvalue weighted by Crippen LogP contribution is -2.26. The highest BCUT2D eigenvalue weighted by atomic mass is 16.5. The van der Waals surface area contributed by atoms with E-state index in [0.29, 0.717) is 0 Å². The molecule has 0 radical (unpaired) electrons. The van der Waals surface area contributed by atoms with Crippen LogP contribution in [0.25, 0.3) is 27.6 Å².